The van der Waals surface area contributed by atoms with Gasteiger partial charge in [-0.2, -0.15) is 0 Å². The Morgan fingerprint density at radius 2 is 0.722 bits per heavy atom. The van der Waals surface area contributed by atoms with Crippen LogP contribution in [0.3, 0.4) is 0 Å². The summed E-state index contributed by atoms with van der Waals surface area (Å²) in [7, 11) is 0. The molecule has 18 heavy (non-hydrogen) atoms. The van der Waals surface area contributed by atoms with E-state index in [0.29, 0.717) is 0 Å². The van der Waals surface area contributed by atoms with Gasteiger partial charge in [-0.05, 0) is 25.7 Å². The zero-order chi connectivity index (χ0) is 13.0. The standard InChI is InChI=1S/C16H36N.B/c1-5-9-13-17(14-10-6-2,15-11-7-3)16-12-8-4;/h5-16H2,1-4H3;/q+1;. The van der Waals surface area contributed by atoms with Crippen LogP contribution in [0.1, 0.15) is 79.1 Å². The van der Waals surface area contributed by atoms with Gasteiger partial charge in [-0.15, -0.1) is 0 Å². The Morgan fingerprint density at radius 1 is 0.500 bits per heavy atom. The fraction of sp³-hybridized carbons (Fsp3) is 1.00. The zero-order valence-corrected chi connectivity index (χ0v) is 13.5. The second-order valence-corrected chi connectivity index (χ2v) is 5.65. The van der Waals surface area contributed by atoms with Crippen molar-refractivity contribution in [2.45, 2.75) is 79.1 Å². The van der Waals surface area contributed by atoms with Gasteiger partial charge in [-0.25, -0.2) is 0 Å². The quantitative estimate of drug-likeness (QED) is 0.351. The van der Waals surface area contributed by atoms with Crippen molar-refractivity contribution in [3.05, 3.63) is 0 Å². The van der Waals surface area contributed by atoms with Gasteiger partial charge in [0.25, 0.3) is 0 Å². The molecule has 0 bridgehead atoms. The first-order valence-corrected chi connectivity index (χ1v) is 8.09. The average molecular weight is 253 g/mol. The predicted molar refractivity (Wildman–Crippen MR) is 85.1 cm³/mol. The summed E-state index contributed by atoms with van der Waals surface area (Å²) < 4.78 is 1.42. The second kappa shape index (κ2) is 13.5. The molecule has 107 valence electrons. The van der Waals surface area contributed by atoms with E-state index in [-0.39, 0.29) is 8.41 Å². The minimum absolute atomic E-state index is 0. The third kappa shape index (κ3) is 9.02. The normalized spacial score (nSPS) is 11.3. The molecule has 3 radical (unpaired) electrons. The third-order valence-electron chi connectivity index (χ3n) is 3.94. The van der Waals surface area contributed by atoms with Crippen LogP contribution in [0.15, 0.2) is 0 Å². The molecule has 0 amide bonds. The molecule has 0 aliphatic rings. The van der Waals surface area contributed by atoms with E-state index in [1.54, 1.807) is 0 Å². The van der Waals surface area contributed by atoms with Gasteiger partial charge in [0.2, 0.25) is 0 Å². The molecule has 1 nitrogen and oxygen atoms in total. The maximum Gasteiger partial charge on any atom is 0.0786 e. The summed E-state index contributed by atoms with van der Waals surface area (Å²) in [6.45, 7) is 15.0. The van der Waals surface area contributed by atoms with Crippen molar-refractivity contribution in [2.24, 2.45) is 0 Å². The molecule has 0 aliphatic heterocycles. The van der Waals surface area contributed by atoms with Crippen LogP contribution < -0.4 is 0 Å². The first-order valence-electron chi connectivity index (χ1n) is 8.09. The number of rotatable bonds is 12. The van der Waals surface area contributed by atoms with E-state index in [2.05, 4.69) is 27.7 Å². The summed E-state index contributed by atoms with van der Waals surface area (Å²) >= 11 is 0. The van der Waals surface area contributed by atoms with Crippen LogP contribution in [0.2, 0.25) is 0 Å². The van der Waals surface area contributed by atoms with Gasteiger partial charge in [-0.1, -0.05) is 53.4 Å². The highest BCUT2D eigenvalue weighted by Crippen LogP contribution is 2.16. The van der Waals surface area contributed by atoms with Crippen molar-refractivity contribution in [3.8, 4) is 0 Å². The molecule has 0 atom stereocenters. The summed E-state index contributed by atoms with van der Waals surface area (Å²) in [5.41, 5.74) is 0. The Balaban J connectivity index is 0. The molecular formula is C16H36BN+. The van der Waals surface area contributed by atoms with Crippen LogP contribution in [-0.4, -0.2) is 39.1 Å². The summed E-state index contributed by atoms with van der Waals surface area (Å²) in [4.78, 5) is 0. The van der Waals surface area contributed by atoms with Crippen molar-refractivity contribution >= 4 is 8.41 Å². The summed E-state index contributed by atoms with van der Waals surface area (Å²) in [6.07, 6.45) is 11.1. The fourth-order valence-corrected chi connectivity index (χ4v) is 2.64. The highest BCUT2D eigenvalue weighted by Gasteiger charge is 2.24. The lowest BCUT2D eigenvalue weighted by Gasteiger charge is -2.39. The number of unbranched alkanes of at least 4 members (excludes halogenated alkanes) is 4. The lowest BCUT2D eigenvalue weighted by molar-refractivity contribution is -0.929. The molecule has 0 saturated heterocycles. The molecule has 0 heterocycles. The Hall–Kier alpha value is 0.0249. The van der Waals surface area contributed by atoms with E-state index in [0.717, 1.165) is 0 Å². The third-order valence-corrected chi connectivity index (χ3v) is 3.94. The number of hydrogen-bond acceptors (Lipinski definition) is 0. The van der Waals surface area contributed by atoms with Gasteiger partial charge in [-0.3, -0.25) is 0 Å². The number of quaternary nitrogens is 1. The van der Waals surface area contributed by atoms with Crippen molar-refractivity contribution in [1.82, 2.24) is 0 Å². The Bertz CT molecular complexity index is 122. The van der Waals surface area contributed by atoms with Crippen LogP contribution in [0, 0.1) is 0 Å². The minimum Gasteiger partial charge on any atom is -0.324 e. The largest absolute Gasteiger partial charge is 0.324 e. The monoisotopic (exact) mass is 253 g/mol. The zero-order valence-electron chi connectivity index (χ0n) is 13.5. The molecular weight excluding hydrogens is 217 g/mol. The summed E-state index contributed by atoms with van der Waals surface area (Å²) in [5, 5.41) is 0. The van der Waals surface area contributed by atoms with E-state index in [1.807, 2.05) is 0 Å². The lowest BCUT2D eigenvalue weighted by atomic mass is 10.1. The van der Waals surface area contributed by atoms with Crippen molar-refractivity contribution < 1.29 is 4.48 Å². The van der Waals surface area contributed by atoms with E-state index in [4.69, 9.17) is 0 Å². The van der Waals surface area contributed by atoms with Gasteiger partial charge in [0.05, 0.1) is 26.2 Å². The molecule has 0 aromatic rings. The number of hydrogen-bond donors (Lipinski definition) is 0. The maximum absolute atomic E-state index is 2.33. The van der Waals surface area contributed by atoms with Crippen molar-refractivity contribution in [3.63, 3.8) is 0 Å². The molecule has 0 N–H and O–H groups in total. The minimum atomic E-state index is 0. The first kappa shape index (κ1) is 20.3. The Morgan fingerprint density at radius 3 is 0.889 bits per heavy atom. The van der Waals surface area contributed by atoms with Crippen molar-refractivity contribution in [2.75, 3.05) is 26.2 Å². The lowest BCUT2D eigenvalue weighted by Crippen LogP contribution is -2.50. The van der Waals surface area contributed by atoms with E-state index in [9.17, 15) is 0 Å². The Labute approximate surface area is 119 Å². The van der Waals surface area contributed by atoms with E-state index < -0.39 is 0 Å². The first-order chi connectivity index (χ1) is 8.24. The van der Waals surface area contributed by atoms with Gasteiger partial charge in [0.15, 0.2) is 0 Å². The topological polar surface area (TPSA) is 0 Å². The van der Waals surface area contributed by atoms with Gasteiger partial charge in [0, 0.05) is 8.41 Å². The molecule has 0 rings (SSSR count). The van der Waals surface area contributed by atoms with E-state index in [1.165, 1.54) is 82.0 Å². The van der Waals surface area contributed by atoms with Crippen LogP contribution in [0.25, 0.3) is 0 Å². The summed E-state index contributed by atoms with van der Waals surface area (Å²) in [6, 6.07) is 0. The van der Waals surface area contributed by atoms with Crippen LogP contribution in [-0.2, 0) is 0 Å². The molecule has 0 fully saturated rings. The molecule has 0 aromatic heterocycles. The van der Waals surface area contributed by atoms with E-state index >= 15 is 0 Å². The molecule has 0 aromatic carbocycles. The Kier molecular flexibility index (Phi) is 15.2. The highest BCUT2D eigenvalue weighted by atomic mass is 15.3. The smallest absolute Gasteiger partial charge is 0.0786 e. The molecule has 2 heteroatoms. The molecule has 0 saturated carbocycles. The van der Waals surface area contributed by atoms with Crippen LogP contribution in [0.5, 0.6) is 0 Å². The average Bonchev–Trinajstić information content (AvgIpc) is 2.37. The SMILES string of the molecule is CCCC[N+](CCCC)(CCCC)CCCC.[B]. The van der Waals surface area contributed by atoms with Crippen LogP contribution >= 0.6 is 0 Å². The van der Waals surface area contributed by atoms with Gasteiger partial charge in [0.1, 0.15) is 0 Å². The van der Waals surface area contributed by atoms with Crippen LogP contribution in [0.4, 0.5) is 0 Å². The highest BCUT2D eigenvalue weighted by molar-refractivity contribution is 5.75. The molecule has 0 aliphatic carbocycles. The van der Waals surface area contributed by atoms with Gasteiger partial charge >= 0.3 is 0 Å². The van der Waals surface area contributed by atoms with Crippen molar-refractivity contribution in [1.29, 1.82) is 0 Å². The predicted octanol–water partition coefficient (Wildman–Crippen LogP) is 4.62. The second-order valence-electron chi connectivity index (χ2n) is 5.65. The number of nitrogens with zero attached hydrogens (tertiary/aromatic N) is 1. The molecule has 0 spiro atoms. The molecule has 0 unspecified atom stereocenters. The summed E-state index contributed by atoms with van der Waals surface area (Å²) in [5.74, 6) is 0. The maximum atomic E-state index is 2.33. The van der Waals surface area contributed by atoms with Gasteiger partial charge < -0.3 is 4.48 Å². The fourth-order valence-electron chi connectivity index (χ4n) is 2.64.